The average Bonchev–Trinajstić information content (AvgIpc) is 2.62. The molecule has 0 bridgehead atoms. The largest absolute Gasteiger partial charge is 0.494 e. The minimum atomic E-state index is 0.161. The van der Waals surface area contributed by atoms with E-state index in [4.69, 9.17) is 14.2 Å². The van der Waals surface area contributed by atoms with E-state index in [-0.39, 0.29) is 6.04 Å². The highest BCUT2D eigenvalue weighted by Crippen LogP contribution is 2.37. The second-order valence-electron chi connectivity index (χ2n) is 5.77. The van der Waals surface area contributed by atoms with Gasteiger partial charge in [0.15, 0.2) is 11.5 Å². The van der Waals surface area contributed by atoms with Gasteiger partial charge in [-0.25, -0.2) is 0 Å². The van der Waals surface area contributed by atoms with E-state index in [0.717, 1.165) is 30.2 Å². The first-order valence-corrected chi connectivity index (χ1v) is 8.56. The van der Waals surface area contributed by atoms with E-state index >= 15 is 0 Å². The van der Waals surface area contributed by atoms with Crippen molar-refractivity contribution in [1.29, 1.82) is 0 Å². The first-order chi connectivity index (χ1) is 11.8. The molecular weight excluding hydrogens is 302 g/mol. The van der Waals surface area contributed by atoms with Crippen molar-refractivity contribution in [3.63, 3.8) is 0 Å². The fraction of sp³-hybridized carbons (Fsp3) is 0.400. The van der Waals surface area contributed by atoms with E-state index in [1.54, 1.807) is 7.11 Å². The van der Waals surface area contributed by atoms with Crippen molar-refractivity contribution < 1.29 is 14.2 Å². The van der Waals surface area contributed by atoms with Crippen molar-refractivity contribution in [2.45, 2.75) is 26.3 Å². The molecule has 2 aromatic carbocycles. The summed E-state index contributed by atoms with van der Waals surface area (Å²) in [6.07, 6.45) is 0.993. The molecule has 128 valence electrons. The first-order valence-electron chi connectivity index (χ1n) is 8.56. The Labute approximate surface area is 143 Å². The number of nitrogens with one attached hydrogen (secondary N) is 1. The van der Waals surface area contributed by atoms with Gasteiger partial charge in [-0.3, -0.25) is 0 Å². The second kappa shape index (κ2) is 7.58. The molecule has 1 aliphatic rings. The van der Waals surface area contributed by atoms with Crippen LogP contribution in [0.15, 0.2) is 36.4 Å². The number of benzene rings is 2. The predicted octanol–water partition coefficient (Wildman–Crippen LogP) is 3.73. The number of hydrogen-bond donors (Lipinski definition) is 1. The smallest absolute Gasteiger partial charge is 0.161 e. The van der Waals surface area contributed by atoms with Gasteiger partial charge in [-0.1, -0.05) is 12.1 Å². The lowest BCUT2D eigenvalue weighted by Crippen LogP contribution is -2.30. The normalized spacial score (nSPS) is 16.4. The van der Waals surface area contributed by atoms with Crippen molar-refractivity contribution >= 4 is 0 Å². The van der Waals surface area contributed by atoms with Crippen LogP contribution in [0.4, 0.5) is 0 Å². The maximum atomic E-state index is 5.72. The van der Waals surface area contributed by atoms with Gasteiger partial charge in [-0.05, 0) is 61.2 Å². The molecule has 0 aromatic heterocycles. The summed E-state index contributed by atoms with van der Waals surface area (Å²) in [5, 5.41) is 3.61. The zero-order chi connectivity index (χ0) is 16.9. The van der Waals surface area contributed by atoms with Gasteiger partial charge < -0.3 is 19.5 Å². The van der Waals surface area contributed by atoms with Gasteiger partial charge in [0.2, 0.25) is 0 Å². The molecule has 0 radical (unpaired) electrons. The Hall–Kier alpha value is -2.20. The zero-order valence-corrected chi connectivity index (χ0v) is 14.6. The van der Waals surface area contributed by atoms with Crippen LogP contribution in [-0.2, 0) is 6.42 Å². The number of methoxy groups -OCH3 is 1. The van der Waals surface area contributed by atoms with Crippen LogP contribution in [-0.4, -0.2) is 26.9 Å². The van der Waals surface area contributed by atoms with Crippen LogP contribution in [0.2, 0.25) is 0 Å². The van der Waals surface area contributed by atoms with Crippen LogP contribution < -0.4 is 19.5 Å². The van der Waals surface area contributed by atoms with Crippen LogP contribution in [0.1, 0.15) is 36.6 Å². The van der Waals surface area contributed by atoms with E-state index in [1.807, 2.05) is 26.0 Å². The maximum absolute atomic E-state index is 5.72. The highest BCUT2D eigenvalue weighted by Gasteiger charge is 2.24. The van der Waals surface area contributed by atoms with E-state index in [9.17, 15) is 0 Å². The summed E-state index contributed by atoms with van der Waals surface area (Å²) in [7, 11) is 1.69. The van der Waals surface area contributed by atoms with Crippen molar-refractivity contribution in [2.75, 3.05) is 26.9 Å². The Bertz CT molecular complexity index is 682. The van der Waals surface area contributed by atoms with Crippen molar-refractivity contribution in [2.24, 2.45) is 0 Å². The summed E-state index contributed by atoms with van der Waals surface area (Å²) in [5.74, 6) is 2.52. The quantitative estimate of drug-likeness (QED) is 0.877. The van der Waals surface area contributed by atoms with Crippen LogP contribution in [0.3, 0.4) is 0 Å². The zero-order valence-electron chi connectivity index (χ0n) is 14.6. The Morgan fingerprint density at radius 1 is 1.00 bits per heavy atom. The lowest BCUT2D eigenvalue weighted by molar-refractivity contribution is 0.309. The fourth-order valence-electron chi connectivity index (χ4n) is 3.21. The third-order valence-electron chi connectivity index (χ3n) is 4.30. The molecule has 4 heteroatoms. The van der Waals surface area contributed by atoms with Gasteiger partial charge in [0, 0.05) is 6.54 Å². The second-order valence-corrected chi connectivity index (χ2v) is 5.77. The SMILES string of the molecule is CCOc1ccc([C@H]2NCCc3cc(OCC)c(OC)cc32)cc1. The van der Waals surface area contributed by atoms with E-state index in [0.29, 0.717) is 13.2 Å². The predicted molar refractivity (Wildman–Crippen MR) is 95.3 cm³/mol. The topological polar surface area (TPSA) is 39.7 Å². The van der Waals surface area contributed by atoms with Crippen LogP contribution >= 0.6 is 0 Å². The average molecular weight is 327 g/mol. The molecule has 0 saturated carbocycles. The molecule has 1 atom stereocenters. The maximum Gasteiger partial charge on any atom is 0.161 e. The van der Waals surface area contributed by atoms with Gasteiger partial charge in [-0.2, -0.15) is 0 Å². The van der Waals surface area contributed by atoms with Crippen molar-refractivity contribution in [1.82, 2.24) is 5.32 Å². The molecule has 1 heterocycles. The summed E-state index contributed by atoms with van der Waals surface area (Å²) in [6.45, 7) is 6.25. The van der Waals surface area contributed by atoms with E-state index in [2.05, 4.69) is 29.6 Å². The minimum Gasteiger partial charge on any atom is -0.494 e. The monoisotopic (exact) mass is 327 g/mol. The summed E-state index contributed by atoms with van der Waals surface area (Å²) in [6, 6.07) is 12.7. The van der Waals surface area contributed by atoms with E-state index in [1.165, 1.54) is 16.7 Å². The number of fused-ring (bicyclic) bond motifs is 1. The van der Waals surface area contributed by atoms with Crippen LogP contribution in [0, 0.1) is 0 Å². The summed E-state index contributed by atoms with van der Waals surface area (Å²) in [4.78, 5) is 0. The Morgan fingerprint density at radius 2 is 1.75 bits per heavy atom. The summed E-state index contributed by atoms with van der Waals surface area (Å²) < 4.78 is 16.8. The first kappa shape index (κ1) is 16.7. The number of hydrogen-bond acceptors (Lipinski definition) is 4. The van der Waals surface area contributed by atoms with Gasteiger partial charge in [0.25, 0.3) is 0 Å². The molecule has 1 N–H and O–H groups in total. The number of ether oxygens (including phenoxy) is 3. The molecular formula is C20H25NO3. The minimum absolute atomic E-state index is 0.161. The van der Waals surface area contributed by atoms with Gasteiger partial charge in [-0.15, -0.1) is 0 Å². The lowest BCUT2D eigenvalue weighted by Gasteiger charge is -2.28. The third kappa shape index (κ3) is 3.34. The number of rotatable bonds is 6. The molecule has 1 aliphatic heterocycles. The molecule has 2 aromatic rings. The molecule has 0 aliphatic carbocycles. The molecule has 24 heavy (non-hydrogen) atoms. The third-order valence-corrected chi connectivity index (χ3v) is 4.30. The molecule has 0 spiro atoms. The van der Waals surface area contributed by atoms with Gasteiger partial charge in [0.05, 0.1) is 26.4 Å². The summed E-state index contributed by atoms with van der Waals surface area (Å²) >= 11 is 0. The van der Waals surface area contributed by atoms with Crippen LogP contribution in [0.5, 0.6) is 17.2 Å². The lowest BCUT2D eigenvalue weighted by atomic mass is 9.89. The van der Waals surface area contributed by atoms with Gasteiger partial charge in [0.1, 0.15) is 5.75 Å². The highest BCUT2D eigenvalue weighted by atomic mass is 16.5. The van der Waals surface area contributed by atoms with Crippen LogP contribution in [0.25, 0.3) is 0 Å². The highest BCUT2D eigenvalue weighted by molar-refractivity contribution is 5.51. The Balaban J connectivity index is 1.95. The van der Waals surface area contributed by atoms with Gasteiger partial charge >= 0.3 is 0 Å². The standard InChI is InChI=1S/C20H25NO3/c1-4-23-16-8-6-14(7-9-16)20-17-13-18(22-3)19(24-5-2)12-15(17)10-11-21-20/h6-9,12-13,20-21H,4-5,10-11H2,1-3H3/t20-/m1/s1. The molecule has 0 unspecified atom stereocenters. The molecule has 4 nitrogen and oxygen atoms in total. The van der Waals surface area contributed by atoms with E-state index < -0.39 is 0 Å². The summed E-state index contributed by atoms with van der Waals surface area (Å²) in [5.41, 5.74) is 3.80. The molecule has 3 rings (SSSR count). The van der Waals surface area contributed by atoms with Crippen molar-refractivity contribution in [3.8, 4) is 17.2 Å². The molecule has 0 amide bonds. The Morgan fingerprint density at radius 3 is 2.42 bits per heavy atom. The Kier molecular flexibility index (Phi) is 5.26. The fourth-order valence-corrected chi connectivity index (χ4v) is 3.21. The molecule has 0 fully saturated rings. The van der Waals surface area contributed by atoms with Crippen molar-refractivity contribution in [3.05, 3.63) is 53.1 Å². The molecule has 0 saturated heterocycles.